The average Bonchev–Trinajstić information content (AvgIpc) is 2.68. The van der Waals surface area contributed by atoms with Gasteiger partial charge in [-0.2, -0.15) is 0 Å². The molecule has 0 radical (unpaired) electrons. The Balaban J connectivity index is 1.61. The molecule has 1 unspecified atom stereocenters. The highest BCUT2D eigenvalue weighted by molar-refractivity contribution is 5.84. The first-order valence-corrected chi connectivity index (χ1v) is 10.1. The smallest absolute Gasteiger partial charge is 0.134 e. The van der Waals surface area contributed by atoms with Crippen LogP contribution in [0.3, 0.4) is 0 Å². The lowest BCUT2D eigenvalue weighted by Crippen LogP contribution is -2.14. The molecule has 0 fully saturated rings. The number of benzene rings is 3. The topological polar surface area (TPSA) is 0 Å². The Bertz CT molecular complexity index is 958. The maximum Gasteiger partial charge on any atom is 0.134 e. The van der Waals surface area contributed by atoms with Crippen LogP contribution in [-0.4, -0.2) is 0 Å². The maximum atomic E-state index is 15.3. The molecule has 3 aromatic rings. The zero-order valence-corrected chi connectivity index (χ0v) is 15.9. The van der Waals surface area contributed by atoms with Crippen molar-refractivity contribution in [1.82, 2.24) is 0 Å². The Morgan fingerprint density at radius 3 is 2.67 bits per heavy atom. The molecule has 2 heteroatoms. The van der Waals surface area contributed by atoms with Gasteiger partial charge in [-0.1, -0.05) is 56.2 Å². The standard InChI is InChI=1S/C25H26F2/c1-2-3-4-5-17-6-12-23-19(14-17)10-13-24(25(23)27)20-8-7-18-9-11-22(26)16-21(18)15-20/h6,9-14,16,20H,2-5,7-8,15H2,1H3. The second kappa shape index (κ2) is 7.80. The number of halogens is 2. The van der Waals surface area contributed by atoms with Crippen molar-refractivity contribution in [3.05, 3.63) is 82.4 Å². The van der Waals surface area contributed by atoms with Crippen LogP contribution < -0.4 is 0 Å². The minimum absolute atomic E-state index is 0.0996. The van der Waals surface area contributed by atoms with Gasteiger partial charge in [-0.15, -0.1) is 0 Å². The predicted octanol–water partition coefficient (Wildman–Crippen LogP) is 7.12. The van der Waals surface area contributed by atoms with E-state index in [0.717, 1.165) is 35.8 Å². The lowest BCUT2D eigenvalue weighted by atomic mass is 9.79. The van der Waals surface area contributed by atoms with E-state index in [2.05, 4.69) is 25.1 Å². The third-order valence-electron chi connectivity index (χ3n) is 5.95. The summed E-state index contributed by atoms with van der Waals surface area (Å²) in [6, 6.07) is 15.1. The number of rotatable bonds is 5. The van der Waals surface area contributed by atoms with Crippen LogP contribution in [0.1, 0.15) is 60.8 Å². The molecular formula is C25H26F2. The fourth-order valence-electron chi connectivity index (χ4n) is 4.40. The lowest BCUT2D eigenvalue weighted by molar-refractivity contribution is 0.535. The molecular weight excluding hydrogens is 338 g/mol. The molecule has 0 N–H and O–H groups in total. The van der Waals surface area contributed by atoms with E-state index in [0.29, 0.717) is 11.8 Å². The number of hydrogen-bond donors (Lipinski definition) is 0. The summed E-state index contributed by atoms with van der Waals surface area (Å²) in [5, 5.41) is 1.68. The molecule has 0 heterocycles. The van der Waals surface area contributed by atoms with Crippen molar-refractivity contribution in [3.8, 4) is 0 Å². The summed E-state index contributed by atoms with van der Waals surface area (Å²) >= 11 is 0. The van der Waals surface area contributed by atoms with E-state index < -0.39 is 0 Å². The van der Waals surface area contributed by atoms with E-state index in [-0.39, 0.29) is 17.6 Å². The Kier molecular flexibility index (Phi) is 5.24. The third-order valence-corrected chi connectivity index (χ3v) is 5.95. The Morgan fingerprint density at radius 2 is 1.81 bits per heavy atom. The summed E-state index contributed by atoms with van der Waals surface area (Å²) in [5.74, 6) is -0.186. The summed E-state index contributed by atoms with van der Waals surface area (Å²) in [4.78, 5) is 0. The van der Waals surface area contributed by atoms with Gasteiger partial charge < -0.3 is 0 Å². The average molecular weight is 364 g/mol. The van der Waals surface area contributed by atoms with Crippen molar-refractivity contribution in [2.24, 2.45) is 0 Å². The SMILES string of the molecule is CCCCCc1ccc2c(F)c(C3CCc4ccc(F)cc4C3)ccc2c1. The molecule has 0 nitrogen and oxygen atoms in total. The van der Waals surface area contributed by atoms with Crippen LogP contribution in [0.15, 0.2) is 48.5 Å². The Morgan fingerprint density at radius 1 is 0.926 bits per heavy atom. The van der Waals surface area contributed by atoms with Crippen molar-refractivity contribution in [3.63, 3.8) is 0 Å². The molecule has 140 valence electrons. The second-order valence-corrected chi connectivity index (χ2v) is 7.83. The molecule has 27 heavy (non-hydrogen) atoms. The lowest BCUT2D eigenvalue weighted by Gasteiger charge is -2.25. The minimum atomic E-state index is -0.205. The van der Waals surface area contributed by atoms with Crippen molar-refractivity contribution in [2.45, 2.75) is 57.8 Å². The fourth-order valence-corrected chi connectivity index (χ4v) is 4.40. The molecule has 0 saturated carbocycles. The molecule has 1 atom stereocenters. The van der Waals surface area contributed by atoms with E-state index in [9.17, 15) is 4.39 Å². The van der Waals surface area contributed by atoms with E-state index in [1.54, 1.807) is 6.07 Å². The van der Waals surface area contributed by atoms with Gasteiger partial charge in [-0.05, 0) is 77.8 Å². The van der Waals surface area contributed by atoms with Gasteiger partial charge in [-0.3, -0.25) is 0 Å². The molecule has 3 aromatic carbocycles. The second-order valence-electron chi connectivity index (χ2n) is 7.83. The number of aryl methyl sites for hydroxylation is 2. The van der Waals surface area contributed by atoms with Crippen LogP contribution in [0, 0.1) is 11.6 Å². The van der Waals surface area contributed by atoms with Crippen LogP contribution in [0.4, 0.5) is 8.78 Å². The van der Waals surface area contributed by atoms with Crippen LogP contribution in [0.5, 0.6) is 0 Å². The van der Waals surface area contributed by atoms with Gasteiger partial charge in [0.15, 0.2) is 0 Å². The van der Waals surface area contributed by atoms with Crippen molar-refractivity contribution < 1.29 is 8.78 Å². The summed E-state index contributed by atoms with van der Waals surface area (Å²) in [6.45, 7) is 2.20. The van der Waals surface area contributed by atoms with E-state index in [1.165, 1.54) is 36.5 Å². The van der Waals surface area contributed by atoms with Crippen molar-refractivity contribution in [2.75, 3.05) is 0 Å². The highest BCUT2D eigenvalue weighted by Crippen LogP contribution is 2.36. The highest BCUT2D eigenvalue weighted by atomic mass is 19.1. The Hall–Kier alpha value is -2.22. The van der Waals surface area contributed by atoms with Crippen LogP contribution in [0.25, 0.3) is 10.8 Å². The Labute approximate surface area is 160 Å². The van der Waals surface area contributed by atoms with Gasteiger partial charge in [0.05, 0.1) is 0 Å². The first kappa shape index (κ1) is 18.2. The largest absolute Gasteiger partial charge is 0.207 e. The van der Waals surface area contributed by atoms with Gasteiger partial charge in [0.1, 0.15) is 11.6 Å². The van der Waals surface area contributed by atoms with Gasteiger partial charge >= 0.3 is 0 Å². The summed E-state index contributed by atoms with van der Waals surface area (Å²) < 4.78 is 28.9. The quantitative estimate of drug-likeness (QED) is 0.423. The van der Waals surface area contributed by atoms with Crippen LogP contribution >= 0.6 is 0 Å². The molecule has 0 spiro atoms. The van der Waals surface area contributed by atoms with Crippen molar-refractivity contribution >= 4 is 10.8 Å². The van der Waals surface area contributed by atoms with Crippen LogP contribution in [-0.2, 0) is 19.3 Å². The summed E-state index contributed by atoms with van der Waals surface area (Å²) in [7, 11) is 0. The van der Waals surface area contributed by atoms with Gasteiger partial charge in [0, 0.05) is 5.39 Å². The molecule has 4 rings (SSSR count). The number of fused-ring (bicyclic) bond motifs is 2. The fraction of sp³-hybridized carbons (Fsp3) is 0.360. The zero-order valence-electron chi connectivity index (χ0n) is 15.9. The van der Waals surface area contributed by atoms with Gasteiger partial charge in [0.2, 0.25) is 0 Å². The van der Waals surface area contributed by atoms with Gasteiger partial charge in [-0.25, -0.2) is 8.78 Å². The first-order chi connectivity index (χ1) is 13.2. The summed E-state index contributed by atoms with van der Waals surface area (Å²) in [5.41, 5.74) is 4.28. The highest BCUT2D eigenvalue weighted by Gasteiger charge is 2.23. The first-order valence-electron chi connectivity index (χ1n) is 10.1. The molecule has 0 bridgehead atoms. The van der Waals surface area contributed by atoms with E-state index in [4.69, 9.17) is 0 Å². The number of hydrogen-bond acceptors (Lipinski definition) is 0. The van der Waals surface area contributed by atoms with E-state index >= 15 is 4.39 Å². The molecule has 1 aliphatic rings. The van der Waals surface area contributed by atoms with Gasteiger partial charge in [0.25, 0.3) is 0 Å². The monoisotopic (exact) mass is 364 g/mol. The van der Waals surface area contributed by atoms with Crippen LogP contribution in [0.2, 0.25) is 0 Å². The van der Waals surface area contributed by atoms with Crippen molar-refractivity contribution in [1.29, 1.82) is 0 Å². The molecule has 0 amide bonds. The molecule has 0 saturated heterocycles. The third kappa shape index (κ3) is 3.76. The minimum Gasteiger partial charge on any atom is -0.207 e. The predicted molar refractivity (Wildman–Crippen MR) is 108 cm³/mol. The summed E-state index contributed by atoms with van der Waals surface area (Å²) in [6.07, 6.45) is 7.18. The zero-order chi connectivity index (χ0) is 18.8. The normalized spacial score (nSPS) is 16.5. The maximum absolute atomic E-state index is 15.3. The number of unbranched alkanes of at least 4 members (excludes halogenated alkanes) is 2. The van der Waals surface area contributed by atoms with E-state index in [1.807, 2.05) is 18.2 Å². The molecule has 0 aliphatic heterocycles. The molecule has 0 aromatic heterocycles. The molecule has 1 aliphatic carbocycles.